The molecule has 1 aromatic carbocycles. The number of ether oxygens (including phenoxy) is 1. The summed E-state index contributed by atoms with van der Waals surface area (Å²) in [6, 6.07) is 4.92. The number of alkyl halides is 3. The van der Waals surface area contributed by atoms with E-state index in [-0.39, 0.29) is 17.3 Å². The molecule has 5 rings (SSSR count). The van der Waals surface area contributed by atoms with E-state index in [0.717, 1.165) is 56.9 Å². The van der Waals surface area contributed by atoms with Crippen molar-refractivity contribution in [2.45, 2.75) is 38.0 Å². The Morgan fingerprint density at radius 3 is 2.63 bits per heavy atom. The monoisotopic (exact) mass is 510 g/mol. The maximum Gasteiger partial charge on any atom is 0.419 e. The molecule has 2 fully saturated rings. The van der Waals surface area contributed by atoms with Gasteiger partial charge in [0.15, 0.2) is 0 Å². The van der Waals surface area contributed by atoms with Gasteiger partial charge in [-0.2, -0.15) is 23.1 Å². The third kappa shape index (κ3) is 5.15. The van der Waals surface area contributed by atoms with E-state index in [2.05, 4.69) is 22.2 Å². The second-order valence-electron chi connectivity index (χ2n) is 9.38. The molecule has 1 atom stereocenters. The second-order valence-corrected chi connectivity index (χ2v) is 9.79. The Morgan fingerprint density at radius 2 is 1.91 bits per heavy atom. The Bertz CT molecular complexity index is 1060. The highest BCUT2D eigenvalue weighted by molar-refractivity contribution is 6.31. The van der Waals surface area contributed by atoms with Crippen molar-refractivity contribution in [2.24, 2.45) is 0 Å². The molecule has 7 nitrogen and oxygen atoms in total. The number of nitrogens with zero attached hydrogens (tertiary/aromatic N) is 5. The number of nitrogens with one attached hydrogen (secondary N) is 1. The lowest BCUT2D eigenvalue weighted by Gasteiger charge is -2.36. The first-order valence-electron chi connectivity index (χ1n) is 12.1. The first-order valence-corrected chi connectivity index (χ1v) is 12.5. The Kier molecular flexibility index (Phi) is 6.96. The van der Waals surface area contributed by atoms with E-state index in [9.17, 15) is 13.2 Å². The maximum atomic E-state index is 13.8. The summed E-state index contributed by atoms with van der Waals surface area (Å²) >= 11 is 5.99. The summed E-state index contributed by atoms with van der Waals surface area (Å²) in [6.07, 6.45) is -1.80. The molecule has 0 aliphatic carbocycles. The van der Waals surface area contributed by atoms with Crippen molar-refractivity contribution < 1.29 is 17.9 Å². The minimum absolute atomic E-state index is 0.0769. The Labute approximate surface area is 208 Å². The van der Waals surface area contributed by atoms with Gasteiger partial charge in [-0.15, -0.1) is 0 Å². The van der Waals surface area contributed by atoms with E-state index in [1.54, 1.807) is 11.0 Å². The van der Waals surface area contributed by atoms with Gasteiger partial charge >= 0.3 is 12.2 Å². The van der Waals surface area contributed by atoms with Crippen LogP contribution in [0.1, 0.15) is 29.7 Å². The summed E-state index contributed by atoms with van der Waals surface area (Å²) in [4.78, 5) is 15.7. The van der Waals surface area contributed by atoms with Crippen LogP contribution in [0, 0.1) is 0 Å². The average Bonchev–Trinajstić information content (AvgIpc) is 3.26. The van der Waals surface area contributed by atoms with Crippen molar-refractivity contribution in [3.05, 3.63) is 40.0 Å². The highest BCUT2D eigenvalue weighted by atomic mass is 35.5. The summed E-state index contributed by atoms with van der Waals surface area (Å²) in [7, 11) is 2.09. The first-order chi connectivity index (χ1) is 16.8. The number of aromatic nitrogens is 2. The van der Waals surface area contributed by atoms with Gasteiger partial charge in [0, 0.05) is 44.3 Å². The number of anilines is 2. The number of halogens is 4. The van der Waals surface area contributed by atoms with Gasteiger partial charge in [0.25, 0.3) is 0 Å². The Balaban J connectivity index is 1.47. The third-order valence-electron chi connectivity index (χ3n) is 7.13. The highest BCUT2D eigenvalue weighted by Gasteiger charge is 2.38. The first kappa shape index (κ1) is 24.4. The molecule has 0 bridgehead atoms. The van der Waals surface area contributed by atoms with Crippen LogP contribution in [-0.4, -0.2) is 73.8 Å². The number of benzene rings is 1. The number of likely N-dealkylation sites (N-methyl/N-ethyl adjacent to an activating group) is 1. The summed E-state index contributed by atoms with van der Waals surface area (Å²) in [6.45, 7) is 5.52. The van der Waals surface area contributed by atoms with Crippen molar-refractivity contribution in [3.63, 3.8) is 0 Å². The molecule has 0 saturated carbocycles. The molecule has 1 aromatic heterocycles. The fourth-order valence-corrected chi connectivity index (χ4v) is 5.49. The third-order valence-corrected chi connectivity index (χ3v) is 7.45. The lowest BCUT2D eigenvalue weighted by Crippen LogP contribution is -2.45. The SMILES string of the molecule is CN1CCC[C@H]1COc1nc2c(c(N3CCNCC3)n1)CCN(c1cccc(Cl)c1C(F)(F)F)C2. The van der Waals surface area contributed by atoms with Crippen LogP contribution in [0.5, 0.6) is 6.01 Å². The van der Waals surface area contributed by atoms with Gasteiger partial charge in [0.1, 0.15) is 12.4 Å². The van der Waals surface area contributed by atoms with Crippen LogP contribution in [0.3, 0.4) is 0 Å². The largest absolute Gasteiger partial charge is 0.462 e. The van der Waals surface area contributed by atoms with E-state index in [4.69, 9.17) is 26.3 Å². The summed E-state index contributed by atoms with van der Waals surface area (Å²) in [5.41, 5.74) is 0.974. The molecule has 1 N–H and O–H groups in total. The number of piperazine rings is 1. The van der Waals surface area contributed by atoms with Crippen LogP contribution >= 0.6 is 11.6 Å². The molecule has 4 heterocycles. The van der Waals surface area contributed by atoms with Gasteiger partial charge < -0.3 is 24.8 Å². The standard InChI is InChI=1S/C24H30ClF3N6O/c1-32-10-3-4-16(32)15-35-23-30-19-14-34(20-6-2-5-18(25)21(20)24(26,27)28)11-7-17(19)22(31-23)33-12-8-29-9-13-33/h2,5-6,16,29H,3-4,7-15H2,1H3/t16-/m0/s1. The fraction of sp³-hybridized carbons (Fsp3) is 0.583. The normalized spacial score (nSPS) is 21.3. The molecule has 35 heavy (non-hydrogen) atoms. The molecule has 3 aliphatic rings. The zero-order valence-electron chi connectivity index (χ0n) is 19.7. The zero-order valence-corrected chi connectivity index (χ0v) is 20.5. The topological polar surface area (TPSA) is 56.8 Å². The summed E-state index contributed by atoms with van der Waals surface area (Å²) in [5, 5.41) is 3.05. The molecule has 2 saturated heterocycles. The van der Waals surface area contributed by atoms with E-state index in [0.29, 0.717) is 37.3 Å². The predicted molar refractivity (Wildman–Crippen MR) is 129 cm³/mol. The number of rotatable bonds is 5. The molecule has 0 amide bonds. The van der Waals surface area contributed by atoms with E-state index >= 15 is 0 Å². The molecule has 0 unspecified atom stereocenters. The Morgan fingerprint density at radius 1 is 1.11 bits per heavy atom. The van der Waals surface area contributed by atoms with Crippen molar-refractivity contribution in [3.8, 4) is 6.01 Å². The van der Waals surface area contributed by atoms with Gasteiger partial charge in [-0.1, -0.05) is 17.7 Å². The van der Waals surface area contributed by atoms with Crippen molar-refractivity contribution in [1.82, 2.24) is 20.2 Å². The van der Waals surface area contributed by atoms with Crippen LogP contribution < -0.4 is 19.9 Å². The second kappa shape index (κ2) is 9.99. The van der Waals surface area contributed by atoms with Crippen LogP contribution in [0.2, 0.25) is 5.02 Å². The van der Waals surface area contributed by atoms with Crippen molar-refractivity contribution in [1.29, 1.82) is 0 Å². The number of fused-ring (bicyclic) bond motifs is 1. The minimum Gasteiger partial charge on any atom is -0.462 e. The quantitative estimate of drug-likeness (QED) is 0.659. The molecular formula is C24H30ClF3N6O. The van der Waals surface area contributed by atoms with Crippen molar-refractivity contribution in [2.75, 3.05) is 62.7 Å². The van der Waals surface area contributed by atoms with E-state index in [1.165, 1.54) is 12.1 Å². The Hall–Kier alpha value is -2.30. The van der Waals surface area contributed by atoms with Gasteiger partial charge in [0.2, 0.25) is 0 Å². The van der Waals surface area contributed by atoms with Gasteiger partial charge in [-0.05, 0) is 45.0 Å². The minimum atomic E-state index is -4.55. The molecule has 190 valence electrons. The molecule has 2 aromatic rings. The highest BCUT2D eigenvalue weighted by Crippen LogP contribution is 2.42. The maximum absolute atomic E-state index is 13.8. The molecule has 3 aliphatic heterocycles. The van der Waals surface area contributed by atoms with Crippen LogP contribution in [0.25, 0.3) is 0 Å². The summed E-state index contributed by atoms with van der Waals surface area (Å²) in [5.74, 6) is 0.841. The number of hydrogen-bond acceptors (Lipinski definition) is 7. The molecule has 0 spiro atoms. The lowest BCUT2D eigenvalue weighted by atomic mass is 10.0. The molecule has 0 radical (unpaired) electrons. The van der Waals surface area contributed by atoms with Gasteiger partial charge in [0.05, 0.1) is 28.5 Å². The zero-order chi connectivity index (χ0) is 24.6. The van der Waals surface area contributed by atoms with Gasteiger partial charge in [-0.3, -0.25) is 0 Å². The van der Waals surface area contributed by atoms with E-state index < -0.39 is 11.7 Å². The van der Waals surface area contributed by atoms with Crippen LogP contribution in [0.4, 0.5) is 24.7 Å². The van der Waals surface area contributed by atoms with Crippen LogP contribution in [-0.2, 0) is 19.1 Å². The number of hydrogen-bond donors (Lipinski definition) is 1. The predicted octanol–water partition coefficient (Wildman–Crippen LogP) is 3.59. The average molecular weight is 511 g/mol. The van der Waals surface area contributed by atoms with Crippen LogP contribution in [0.15, 0.2) is 18.2 Å². The van der Waals surface area contributed by atoms with Gasteiger partial charge in [-0.25, -0.2) is 0 Å². The lowest BCUT2D eigenvalue weighted by molar-refractivity contribution is -0.137. The molecule has 11 heteroatoms. The van der Waals surface area contributed by atoms with E-state index in [1.807, 2.05) is 0 Å². The number of likely N-dealkylation sites (tertiary alicyclic amines) is 1. The molecular weight excluding hydrogens is 481 g/mol. The summed E-state index contributed by atoms with van der Waals surface area (Å²) < 4.78 is 47.6. The smallest absolute Gasteiger partial charge is 0.419 e. The van der Waals surface area contributed by atoms with Crippen molar-refractivity contribution >= 4 is 23.1 Å². The fourth-order valence-electron chi connectivity index (χ4n) is 5.21.